The minimum atomic E-state index is 0.758. The molecule has 0 saturated carbocycles. The van der Waals surface area contributed by atoms with Crippen LogP contribution in [-0.4, -0.2) is 20.2 Å². The summed E-state index contributed by atoms with van der Waals surface area (Å²) in [4.78, 5) is 0. The highest BCUT2D eigenvalue weighted by molar-refractivity contribution is 6.30. The third-order valence-electron chi connectivity index (χ3n) is 2.79. The standard InChI is InChI=1S/C13H16ClNO/c1-16-13-5-4-11(14)9-12(13)10-3-2-7-15-8-6-10/h3-5,9,15H,2,6-8H2,1H3. The van der Waals surface area contributed by atoms with Gasteiger partial charge >= 0.3 is 0 Å². The zero-order valence-electron chi connectivity index (χ0n) is 9.42. The molecule has 0 aromatic heterocycles. The van der Waals surface area contributed by atoms with Crippen molar-refractivity contribution >= 4 is 17.2 Å². The van der Waals surface area contributed by atoms with Crippen LogP contribution in [0.15, 0.2) is 24.3 Å². The van der Waals surface area contributed by atoms with Gasteiger partial charge in [-0.1, -0.05) is 17.7 Å². The van der Waals surface area contributed by atoms with Crippen LogP contribution in [0.2, 0.25) is 5.02 Å². The molecule has 86 valence electrons. The molecule has 2 nitrogen and oxygen atoms in total. The summed E-state index contributed by atoms with van der Waals surface area (Å²) in [6.07, 6.45) is 4.36. The normalized spacial score (nSPS) is 16.5. The zero-order valence-corrected chi connectivity index (χ0v) is 10.2. The Morgan fingerprint density at radius 1 is 1.31 bits per heavy atom. The van der Waals surface area contributed by atoms with Gasteiger partial charge < -0.3 is 10.1 Å². The van der Waals surface area contributed by atoms with E-state index in [1.54, 1.807) is 7.11 Å². The van der Waals surface area contributed by atoms with Gasteiger partial charge in [-0.25, -0.2) is 0 Å². The van der Waals surface area contributed by atoms with Crippen LogP contribution in [0.1, 0.15) is 18.4 Å². The van der Waals surface area contributed by atoms with E-state index in [0.717, 1.165) is 42.3 Å². The summed E-state index contributed by atoms with van der Waals surface area (Å²) < 4.78 is 5.37. The third-order valence-corrected chi connectivity index (χ3v) is 3.03. The highest BCUT2D eigenvalue weighted by atomic mass is 35.5. The van der Waals surface area contributed by atoms with Crippen LogP contribution >= 0.6 is 11.6 Å². The molecule has 0 atom stereocenters. The van der Waals surface area contributed by atoms with Gasteiger partial charge in [0.1, 0.15) is 5.75 Å². The van der Waals surface area contributed by atoms with Crippen molar-refractivity contribution in [2.24, 2.45) is 0 Å². The number of hydrogen-bond donors (Lipinski definition) is 1. The van der Waals surface area contributed by atoms with E-state index in [1.807, 2.05) is 18.2 Å². The highest BCUT2D eigenvalue weighted by Crippen LogP contribution is 2.31. The first-order chi connectivity index (χ1) is 7.81. The molecule has 16 heavy (non-hydrogen) atoms. The first-order valence-corrected chi connectivity index (χ1v) is 5.92. The fourth-order valence-electron chi connectivity index (χ4n) is 1.97. The number of ether oxygens (including phenoxy) is 1. The molecule has 1 aromatic rings. The summed E-state index contributed by atoms with van der Waals surface area (Å²) in [5.74, 6) is 0.901. The van der Waals surface area contributed by atoms with E-state index < -0.39 is 0 Å². The van der Waals surface area contributed by atoms with Gasteiger partial charge in [0.05, 0.1) is 7.11 Å². The predicted octanol–water partition coefficient (Wildman–Crippen LogP) is 3.12. The van der Waals surface area contributed by atoms with Gasteiger partial charge in [-0.2, -0.15) is 0 Å². The Bertz CT molecular complexity index is 401. The van der Waals surface area contributed by atoms with Crippen molar-refractivity contribution in [3.63, 3.8) is 0 Å². The van der Waals surface area contributed by atoms with E-state index >= 15 is 0 Å². The Kier molecular flexibility index (Phi) is 3.86. The predicted molar refractivity (Wildman–Crippen MR) is 68.1 cm³/mol. The van der Waals surface area contributed by atoms with Crippen LogP contribution in [0.3, 0.4) is 0 Å². The quantitative estimate of drug-likeness (QED) is 0.854. The molecule has 1 aliphatic heterocycles. The summed E-state index contributed by atoms with van der Waals surface area (Å²) in [6.45, 7) is 2.06. The molecule has 0 saturated heterocycles. The van der Waals surface area contributed by atoms with E-state index in [-0.39, 0.29) is 0 Å². The van der Waals surface area contributed by atoms with Crippen molar-refractivity contribution in [2.75, 3.05) is 20.2 Å². The van der Waals surface area contributed by atoms with Crippen molar-refractivity contribution in [1.29, 1.82) is 0 Å². The molecule has 0 radical (unpaired) electrons. The summed E-state index contributed by atoms with van der Waals surface area (Å²) in [5.41, 5.74) is 2.45. The number of benzene rings is 1. The van der Waals surface area contributed by atoms with Crippen LogP contribution in [0.5, 0.6) is 5.75 Å². The highest BCUT2D eigenvalue weighted by Gasteiger charge is 2.10. The monoisotopic (exact) mass is 237 g/mol. The third kappa shape index (κ3) is 2.57. The second-order valence-electron chi connectivity index (χ2n) is 3.86. The van der Waals surface area contributed by atoms with Gasteiger partial charge in [0.2, 0.25) is 0 Å². The fourth-order valence-corrected chi connectivity index (χ4v) is 2.15. The molecule has 3 heteroatoms. The van der Waals surface area contributed by atoms with E-state index in [0.29, 0.717) is 0 Å². The Morgan fingerprint density at radius 2 is 2.19 bits per heavy atom. The summed E-state index contributed by atoms with van der Waals surface area (Å²) in [7, 11) is 1.70. The first kappa shape index (κ1) is 11.5. The molecule has 2 rings (SSSR count). The lowest BCUT2D eigenvalue weighted by atomic mass is 10.0. The SMILES string of the molecule is COc1ccc(Cl)cc1C1=CCCNCC1. The van der Waals surface area contributed by atoms with Crippen LogP contribution in [0, 0.1) is 0 Å². The van der Waals surface area contributed by atoms with E-state index in [2.05, 4.69) is 11.4 Å². The maximum atomic E-state index is 6.04. The fraction of sp³-hybridized carbons (Fsp3) is 0.385. The van der Waals surface area contributed by atoms with Gasteiger partial charge in [0.15, 0.2) is 0 Å². The molecule has 0 aliphatic carbocycles. The molecule has 0 amide bonds. The van der Waals surface area contributed by atoms with Crippen molar-refractivity contribution in [1.82, 2.24) is 5.32 Å². The Balaban J connectivity index is 2.36. The topological polar surface area (TPSA) is 21.3 Å². The number of rotatable bonds is 2. The minimum absolute atomic E-state index is 0.758. The van der Waals surface area contributed by atoms with Gasteiger partial charge in [-0.05, 0) is 49.7 Å². The van der Waals surface area contributed by atoms with Crippen LogP contribution in [0.4, 0.5) is 0 Å². The Labute approximate surface area is 101 Å². The van der Waals surface area contributed by atoms with Gasteiger partial charge in [0.25, 0.3) is 0 Å². The lowest BCUT2D eigenvalue weighted by Gasteiger charge is -2.11. The summed E-state index contributed by atoms with van der Waals surface area (Å²) >= 11 is 6.04. The molecule has 1 heterocycles. The van der Waals surface area contributed by atoms with Crippen LogP contribution in [-0.2, 0) is 0 Å². The molecule has 0 spiro atoms. The van der Waals surface area contributed by atoms with Crippen molar-refractivity contribution in [3.05, 3.63) is 34.9 Å². The van der Waals surface area contributed by atoms with Crippen molar-refractivity contribution in [3.8, 4) is 5.75 Å². The number of methoxy groups -OCH3 is 1. The van der Waals surface area contributed by atoms with Crippen molar-refractivity contribution in [2.45, 2.75) is 12.8 Å². The molecule has 1 N–H and O–H groups in total. The summed E-state index contributed by atoms with van der Waals surface area (Å²) in [6, 6.07) is 5.77. The van der Waals surface area contributed by atoms with Crippen molar-refractivity contribution < 1.29 is 4.74 Å². The Hall–Kier alpha value is -0.990. The average Bonchev–Trinajstić information content (AvgIpc) is 2.57. The lowest BCUT2D eigenvalue weighted by molar-refractivity contribution is 0.413. The largest absolute Gasteiger partial charge is 0.496 e. The zero-order chi connectivity index (χ0) is 11.4. The maximum Gasteiger partial charge on any atom is 0.126 e. The molecular weight excluding hydrogens is 222 g/mol. The van der Waals surface area contributed by atoms with E-state index in [1.165, 1.54) is 5.57 Å². The van der Waals surface area contributed by atoms with E-state index in [9.17, 15) is 0 Å². The minimum Gasteiger partial charge on any atom is -0.496 e. The lowest BCUT2D eigenvalue weighted by Crippen LogP contribution is -2.13. The number of hydrogen-bond acceptors (Lipinski definition) is 2. The number of halogens is 1. The van der Waals surface area contributed by atoms with Crippen LogP contribution in [0.25, 0.3) is 5.57 Å². The second-order valence-corrected chi connectivity index (χ2v) is 4.30. The first-order valence-electron chi connectivity index (χ1n) is 5.55. The van der Waals surface area contributed by atoms with Gasteiger partial charge in [0, 0.05) is 10.6 Å². The molecular formula is C13H16ClNO. The molecule has 1 aromatic carbocycles. The second kappa shape index (κ2) is 5.37. The molecule has 0 fully saturated rings. The van der Waals surface area contributed by atoms with Crippen LogP contribution < -0.4 is 10.1 Å². The number of nitrogens with one attached hydrogen (secondary N) is 1. The van der Waals surface area contributed by atoms with E-state index in [4.69, 9.17) is 16.3 Å². The Morgan fingerprint density at radius 3 is 3.00 bits per heavy atom. The average molecular weight is 238 g/mol. The molecule has 1 aliphatic rings. The van der Waals surface area contributed by atoms with Gasteiger partial charge in [-0.3, -0.25) is 0 Å². The smallest absolute Gasteiger partial charge is 0.126 e. The van der Waals surface area contributed by atoms with Gasteiger partial charge in [-0.15, -0.1) is 0 Å². The molecule has 0 unspecified atom stereocenters. The summed E-state index contributed by atoms with van der Waals surface area (Å²) in [5, 5.41) is 4.13. The maximum absolute atomic E-state index is 6.04. The molecule has 0 bridgehead atoms.